The van der Waals surface area contributed by atoms with Crippen LogP contribution >= 0.6 is 0 Å². The molecule has 0 amide bonds. The van der Waals surface area contributed by atoms with Gasteiger partial charge in [0.15, 0.2) is 17.8 Å². The number of likely N-dealkylation sites (N-methyl/N-ethyl adjacent to an activating group) is 1. The van der Waals surface area contributed by atoms with Gasteiger partial charge in [0.05, 0.1) is 17.4 Å². The van der Waals surface area contributed by atoms with Crippen LogP contribution in [0.2, 0.25) is 0 Å². The van der Waals surface area contributed by atoms with Gasteiger partial charge < -0.3 is 30.3 Å². The molecule has 41 heavy (non-hydrogen) atoms. The van der Waals surface area contributed by atoms with E-state index in [1.54, 1.807) is 37.5 Å². The summed E-state index contributed by atoms with van der Waals surface area (Å²) in [5.41, 5.74) is 10.4. The molecule has 2 atom stereocenters. The number of hydrogen-bond donors (Lipinski definition) is 4. The molecule has 1 unspecified atom stereocenters. The zero-order chi connectivity index (χ0) is 29.1. The molecular formula is C29H32FN9O2. The van der Waals surface area contributed by atoms with Crippen molar-refractivity contribution < 1.29 is 14.2 Å². The Balaban J connectivity index is 1.38. The number of nitrogens with zero attached hydrogens (tertiary/aromatic N) is 6. The molecule has 0 spiro atoms. The number of aromatic nitrogens is 3. The van der Waals surface area contributed by atoms with E-state index in [0.717, 1.165) is 12.1 Å². The number of pyridine rings is 1. The minimum Gasteiger partial charge on any atom is -0.454 e. The molecule has 2 aromatic carbocycles. The molecule has 4 N–H and O–H groups in total. The van der Waals surface area contributed by atoms with E-state index in [2.05, 4.69) is 43.7 Å². The molecule has 0 saturated carbocycles. The summed E-state index contributed by atoms with van der Waals surface area (Å²) in [6.07, 6.45) is 4.34. The molecule has 1 aliphatic rings. The molecule has 0 radical (unpaired) electrons. The third-order valence-electron chi connectivity index (χ3n) is 6.91. The van der Waals surface area contributed by atoms with Gasteiger partial charge in [-0.15, -0.1) is 0 Å². The third kappa shape index (κ3) is 5.93. The van der Waals surface area contributed by atoms with Gasteiger partial charge in [0.2, 0.25) is 0 Å². The van der Waals surface area contributed by atoms with Gasteiger partial charge in [-0.25, -0.2) is 24.9 Å². The van der Waals surface area contributed by atoms with Gasteiger partial charge in [-0.2, -0.15) is 5.11 Å². The maximum atomic E-state index is 15.1. The van der Waals surface area contributed by atoms with Crippen LogP contribution in [0.15, 0.2) is 71.8 Å². The lowest BCUT2D eigenvalue weighted by Gasteiger charge is -2.22. The number of fused-ring (bicyclic) bond motifs is 1. The van der Waals surface area contributed by atoms with E-state index < -0.39 is 12.0 Å². The van der Waals surface area contributed by atoms with Crippen molar-refractivity contribution in [2.45, 2.75) is 13.2 Å². The van der Waals surface area contributed by atoms with Gasteiger partial charge in [-0.3, -0.25) is 0 Å². The quantitative estimate of drug-likeness (QED) is 0.152. The molecule has 11 nitrogen and oxygen atoms in total. The summed E-state index contributed by atoms with van der Waals surface area (Å²) in [6, 6.07) is 11.3. The summed E-state index contributed by atoms with van der Waals surface area (Å²) in [5, 5.41) is 21.3. The summed E-state index contributed by atoms with van der Waals surface area (Å²) in [6.45, 7) is 3.45. The molecule has 1 saturated heterocycles. The number of nitrogens with one attached hydrogen (secondary N) is 3. The van der Waals surface area contributed by atoms with Crippen LogP contribution < -0.4 is 20.3 Å². The highest BCUT2D eigenvalue weighted by molar-refractivity contribution is 5.92. The zero-order valence-corrected chi connectivity index (χ0v) is 23.3. The Morgan fingerprint density at radius 3 is 2.76 bits per heavy atom. The standard InChI is InChI=1S/C29H32FN9O2/c1-17-15-39(29(40)20(17)9-10-38(3)4)27-13-21-25(14-33-27)34-16-35-28(21)36-18-5-8-26(22(30)11-18)41-19-6-7-23(32-2)24(12-19)37-31/h5-9,11-14,16-17,29,31-32,40H,10,15H2,1-4H3,(H,34,35,36)/b20-9+,37-31?/t17-,29?/m0/s1. The lowest BCUT2D eigenvalue weighted by Crippen LogP contribution is -2.30. The number of benzene rings is 2. The molecule has 3 heterocycles. The first-order valence-corrected chi connectivity index (χ1v) is 13.1. The van der Waals surface area contributed by atoms with Crippen molar-refractivity contribution in [3.63, 3.8) is 0 Å². The van der Waals surface area contributed by atoms with Crippen molar-refractivity contribution in [2.75, 3.05) is 49.8 Å². The first kappa shape index (κ1) is 27.9. The van der Waals surface area contributed by atoms with Crippen LogP contribution in [0.1, 0.15) is 6.92 Å². The molecule has 0 bridgehead atoms. The van der Waals surface area contributed by atoms with Crippen LogP contribution in [-0.2, 0) is 0 Å². The van der Waals surface area contributed by atoms with E-state index in [0.29, 0.717) is 51.9 Å². The smallest absolute Gasteiger partial charge is 0.167 e. The Morgan fingerprint density at radius 1 is 1.20 bits per heavy atom. The first-order valence-electron chi connectivity index (χ1n) is 13.1. The zero-order valence-electron chi connectivity index (χ0n) is 23.3. The number of ether oxygens (including phenoxy) is 1. The van der Waals surface area contributed by atoms with E-state index in [1.165, 1.54) is 18.5 Å². The Morgan fingerprint density at radius 2 is 2.02 bits per heavy atom. The minimum atomic E-state index is -0.780. The van der Waals surface area contributed by atoms with Crippen LogP contribution in [-0.4, -0.2) is 65.4 Å². The lowest BCUT2D eigenvalue weighted by atomic mass is 10.0. The van der Waals surface area contributed by atoms with Crippen LogP contribution in [0.3, 0.4) is 0 Å². The van der Waals surface area contributed by atoms with Crippen molar-refractivity contribution in [2.24, 2.45) is 11.0 Å². The molecule has 212 valence electrons. The highest BCUT2D eigenvalue weighted by atomic mass is 19.1. The predicted octanol–water partition coefficient (Wildman–Crippen LogP) is 5.67. The van der Waals surface area contributed by atoms with Gasteiger partial charge in [-0.05, 0) is 55.9 Å². The number of aliphatic hydroxyl groups is 1. The number of halogens is 1. The maximum Gasteiger partial charge on any atom is 0.167 e. The highest BCUT2D eigenvalue weighted by Gasteiger charge is 2.34. The molecule has 2 aromatic heterocycles. The van der Waals surface area contributed by atoms with E-state index in [4.69, 9.17) is 10.3 Å². The predicted molar refractivity (Wildman–Crippen MR) is 157 cm³/mol. The van der Waals surface area contributed by atoms with Crippen LogP contribution in [0.4, 0.5) is 33.1 Å². The highest BCUT2D eigenvalue weighted by Crippen LogP contribution is 2.35. The fourth-order valence-corrected chi connectivity index (χ4v) is 4.76. The number of rotatable bonds is 9. The largest absolute Gasteiger partial charge is 0.454 e. The third-order valence-corrected chi connectivity index (χ3v) is 6.91. The van der Waals surface area contributed by atoms with E-state index in [9.17, 15) is 5.11 Å². The Labute approximate surface area is 237 Å². The molecular weight excluding hydrogens is 525 g/mol. The molecule has 0 aliphatic carbocycles. The van der Waals surface area contributed by atoms with Crippen LogP contribution in [0.5, 0.6) is 11.5 Å². The number of hydrogen-bond acceptors (Lipinski definition) is 11. The molecule has 4 aromatic rings. The Bertz CT molecular complexity index is 1610. The summed E-state index contributed by atoms with van der Waals surface area (Å²) in [4.78, 5) is 17.2. The topological polar surface area (TPSA) is 135 Å². The van der Waals surface area contributed by atoms with Crippen molar-refractivity contribution in [3.8, 4) is 11.5 Å². The van der Waals surface area contributed by atoms with E-state index in [1.807, 2.05) is 30.0 Å². The first-order chi connectivity index (χ1) is 19.8. The van der Waals surface area contributed by atoms with Gasteiger partial charge in [0.1, 0.15) is 29.4 Å². The second-order valence-corrected chi connectivity index (χ2v) is 10.1. The molecule has 5 rings (SSSR count). The Hall–Kier alpha value is -4.68. The number of aliphatic hydroxyl groups excluding tert-OH is 1. The second kappa shape index (κ2) is 11.8. The van der Waals surface area contributed by atoms with E-state index >= 15 is 4.39 Å². The van der Waals surface area contributed by atoms with Crippen LogP contribution in [0, 0.1) is 17.3 Å². The summed E-state index contributed by atoms with van der Waals surface area (Å²) in [7, 11) is 5.70. The summed E-state index contributed by atoms with van der Waals surface area (Å²) < 4.78 is 20.8. The van der Waals surface area contributed by atoms with Crippen molar-refractivity contribution in [1.82, 2.24) is 19.9 Å². The Kier molecular flexibility index (Phi) is 8.04. The maximum absolute atomic E-state index is 15.1. The fourth-order valence-electron chi connectivity index (χ4n) is 4.76. The van der Waals surface area contributed by atoms with Crippen molar-refractivity contribution >= 4 is 39.6 Å². The number of anilines is 4. The molecule has 1 aliphatic heterocycles. The summed E-state index contributed by atoms with van der Waals surface area (Å²) in [5.74, 6) is 1.05. The monoisotopic (exact) mass is 557 g/mol. The normalized spacial score (nSPS) is 17.8. The average Bonchev–Trinajstić information content (AvgIpc) is 3.25. The molecule has 12 heteroatoms. The average molecular weight is 558 g/mol. The van der Waals surface area contributed by atoms with Crippen molar-refractivity contribution in [3.05, 3.63) is 72.5 Å². The van der Waals surface area contributed by atoms with Gasteiger partial charge in [0.25, 0.3) is 0 Å². The van der Waals surface area contributed by atoms with Gasteiger partial charge in [-0.1, -0.05) is 13.0 Å². The van der Waals surface area contributed by atoms with E-state index in [-0.39, 0.29) is 11.7 Å². The van der Waals surface area contributed by atoms with Gasteiger partial charge in [0, 0.05) is 43.3 Å². The van der Waals surface area contributed by atoms with Crippen molar-refractivity contribution in [1.29, 1.82) is 5.53 Å². The lowest BCUT2D eigenvalue weighted by molar-refractivity contribution is 0.218. The van der Waals surface area contributed by atoms with Crippen LogP contribution in [0.25, 0.3) is 10.9 Å². The summed E-state index contributed by atoms with van der Waals surface area (Å²) >= 11 is 0. The second-order valence-electron chi connectivity index (χ2n) is 10.1. The SMILES string of the molecule is CNc1ccc(Oc2ccc(Nc3ncnc4cnc(N5C[C@H](C)/C(=C\CN(C)C)C5O)cc34)cc2F)cc1N=N. The minimum absolute atomic E-state index is 0.0259. The molecule has 1 fully saturated rings. The van der Waals surface area contributed by atoms with Gasteiger partial charge >= 0.3 is 0 Å². The fraction of sp³-hybridized carbons (Fsp3) is 0.276.